The Labute approximate surface area is 146 Å². The SMILES string of the molecule is C[NH+](CC(=O)Nc1ccc(OC(F)(F)F)cc1)Cc1nc(N)nc(N)n1. The highest BCUT2D eigenvalue weighted by molar-refractivity contribution is 5.91. The van der Waals surface area contributed by atoms with Crippen LogP contribution in [0.4, 0.5) is 30.8 Å². The Bertz CT molecular complexity index is 748. The number of amides is 1. The van der Waals surface area contributed by atoms with Gasteiger partial charge in [0.2, 0.25) is 11.9 Å². The molecule has 1 amide bonds. The molecule has 0 aliphatic heterocycles. The summed E-state index contributed by atoms with van der Waals surface area (Å²) in [4.78, 5) is 24.2. The van der Waals surface area contributed by atoms with Gasteiger partial charge in [0, 0.05) is 5.69 Å². The molecule has 26 heavy (non-hydrogen) atoms. The largest absolute Gasteiger partial charge is 0.573 e. The third kappa shape index (κ3) is 6.39. The van der Waals surface area contributed by atoms with Crippen LogP contribution in [0.3, 0.4) is 0 Å². The first-order valence-electron chi connectivity index (χ1n) is 7.33. The van der Waals surface area contributed by atoms with E-state index in [0.717, 1.165) is 17.0 Å². The van der Waals surface area contributed by atoms with Gasteiger partial charge in [-0.2, -0.15) is 15.0 Å². The molecule has 1 aromatic carbocycles. The Morgan fingerprint density at radius 2 is 1.73 bits per heavy atom. The van der Waals surface area contributed by atoms with E-state index in [4.69, 9.17) is 11.5 Å². The quantitative estimate of drug-likeness (QED) is 0.542. The second kappa shape index (κ2) is 7.82. The summed E-state index contributed by atoms with van der Waals surface area (Å²) in [5.41, 5.74) is 11.3. The van der Waals surface area contributed by atoms with Crippen LogP contribution in [0.1, 0.15) is 5.82 Å². The highest BCUT2D eigenvalue weighted by atomic mass is 19.4. The zero-order chi connectivity index (χ0) is 19.3. The summed E-state index contributed by atoms with van der Waals surface area (Å²) in [6.07, 6.45) is -4.77. The van der Waals surface area contributed by atoms with Gasteiger partial charge in [-0.3, -0.25) is 4.79 Å². The molecular weight excluding hydrogens is 355 g/mol. The second-order valence-electron chi connectivity index (χ2n) is 5.40. The zero-order valence-electron chi connectivity index (χ0n) is 13.7. The standard InChI is InChI=1S/C14H16F3N7O2/c1-24(6-10-21-12(18)23-13(19)22-10)7-11(25)20-8-2-4-9(5-3-8)26-14(15,16)17/h2-5H,6-7H2,1H3,(H,20,25)(H4,18,19,21,22,23)/p+1. The molecule has 6 N–H and O–H groups in total. The van der Waals surface area contributed by atoms with Crippen LogP contribution in [0, 0.1) is 0 Å². The highest BCUT2D eigenvalue weighted by Crippen LogP contribution is 2.23. The molecule has 1 unspecified atom stereocenters. The number of nitrogens with one attached hydrogen (secondary N) is 2. The molecule has 0 spiro atoms. The van der Waals surface area contributed by atoms with Gasteiger partial charge in [0.1, 0.15) is 12.3 Å². The summed E-state index contributed by atoms with van der Waals surface area (Å²) in [7, 11) is 1.73. The van der Waals surface area contributed by atoms with Gasteiger partial charge in [-0.15, -0.1) is 13.2 Å². The van der Waals surface area contributed by atoms with Crippen molar-refractivity contribution in [2.45, 2.75) is 12.9 Å². The lowest BCUT2D eigenvalue weighted by Gasteiger charge is -2.13. The summed E-state index contributed by atoms with van der Waals surface area (Å²) in [6, 6.07) is 4.83. The molecule has 0 aliphatic rings. The van der Waals surface area contributed by atoms with E-state index in [-0.39, 0.29) is 36.6 Å². The van der Waals surface area contributed by atoms with Gasteiger partial charge in [-0.1, -0.05) is 0 Å². The molecule has 1 aromatic heterocycles. The maximum Gasteiger partial charge on any atom is 0.573 e. The number of rotatable bonds is 6. The van der Waals surface area contributed by atoms with Gasteiger partial charge in [0.05, 0.1) is 7.05 Å². The molecule has 1 atom stereocenters. The molecule has 1 heterocycles. The highest BCUT2D eigenvalue weighted by Gasteiger charge is 2.31. The van der Waals surface area contributed by atoms with Crippen molar-refractivity contribution >= 4 is 23.5 Å². The molecule has 0 bridgehead atoms. The number of hydrogen-bond acceptors (Lipinski definition) is 7. The fourth-order valence-corrected chi connectivity index (χ4v) is 2.09. The second-order valence-corrected chi connectivity index (χ2v) is 5.40. The van der Waals surface area contributed by atoms with E-state index in [1.54, 1.807) is 7.05 Å². The average Bonchev–Trinajstić information content (AvgIpc) is 2.46. The fraction of sp³-hybridized carbons (Fsp3) is 0.286. The van der Waals surface area contributed by atoms with Gasteiger partial charge in [0.25, 0.3) is 5.91 Å². The van der Waals surface area contributed by atoms with Crippen molar-refractivity contribution in [1.82, 2.24) is 15.0 Å². The summed E-state index contributed by atoms with van der Waals surface area (Å²) < 4.78 is 40.1. The van der Waals surface area contributed by atoms with E-state index in [1.807, 2.05) is 0 Å². The predicted molar refractivity (Wildman–Crippen MR) is 85.9 cm³/mol. The monoisotopic (exact) mass is 372 g/mol. The summed E-state index contributed by atoms with van der Waals surface area (Å²) >= 11 is 0. The Balaban J connectivity index is 1.87. The van der Waals surface area contributed by atoms with Crippen LogP contribution in [-0.2, 0) is 11.3 Å². The Hall–Kier alpha value is -3.15. The minimum Gasteiger partial charge on any atom is -0.406 e. The molecule has 0 saturated carbocycles. The topological polar surface area (TPSA) is 133 Å². The number of likely N-dealkylation sites (N-methyl/N-ethyl adjacent to an activating group) is 1. The number of hydrogen-bond donors (Lipinski definition) is 4. The average molecular weight is 372 g/mol. The van der Waals surface area contributed by atoms with Crippen molar-refractivity contribution in [1.29, 1.82) is 0 Å². The van der Waals surface area contributed by atoms with Crippen molar-refractivity contribution in [2.75, 3.05) is 30.4 Å². The number of halogens is 3. The number of quaternary nitrogens is 1. The van der Waals surface area contributed by atoms with E-state index in [0.29, 0.717) is 11.5 Å². The van der Waals surface area contributed by atoms with E-state index in [9.17, 15) is 18.0 Å². The normalized spacial score (nSPS) is 12.5. The number of aromatic nitrogens is 3. The van der Waals surface area contributed by atoms with Crippen molar-refractivity contribution < 1.29 is 27.6 Å². The number of nitrogen functional groups attached to an aromatic ring is 2. The third-order valence-corrected chi connectivity index (χ3v) is 3.01. The number of alkyl halides is 3. The number of carbonyl (C=O) groups is 1. The van der Waals surface area contributed by atoms with Crippen LogP contribution >= 0.6 is 0 Å². The predicted octanol–water partition coefficient (Wildman–Crippen LogP) is -0.412. The minimum absolute atomic E-state index is 0.00841. The van der Waals surface area contributed by atoms with Crippen LogP contribution < -0.4 is 26.4 Å². The summed E-state index contributed by atoms with van der Waals surface area (Å²) in [6.45, 7) is 0.342. The smallest absolute Gasteiger partial charge is 0.406 e. The van der Waals surface area contributed by atoms with Crippen LogP contribution in [0.25, 0.3) is 0 Å². The molecule has 9 nitrogen and oxygen atoms in total. The lowest BCUT2D eigenvalue weighted by Crippen LogP contribution is -3.08. The van der Waals surface area contributed by atoms with Crippen LogP contribution in [0.15, 0.2) is 24.3 Å². The molecule has 2 rings (SSSR count). The number of benzene rings is 1. The number of anilines is 3. The van der Waals surface area contributed by atoms with Crippen molar-refractivity contribution in [3.05, 3.63) is 30.1 Å². The van der Waals surface area contributed by atoms with Gasteiger partial charge in [-0.05, 0) is 24.3 Å². The van der Waals surface area contributed by atoms with Gasteiger partial charge < -0.3 is 26.4 Å². The lowest BCUT2D eigenvalue weighted by molar-refractivity contribution is -0.885. The molecule has 0 radical (unpaired) electrons. The number of ether oxygens (including phenoxy) is 1. The Morgan fingerprint density at radius 1 is 1.15 bits per heavy atom. The maximum absolute atomic E-state index is 12.1. The zero-order valence-corrected chi connectivity index (χ0v) is 13.7. The molecule has 140 valence electrons. The molecule has 0 aliphatic carbocycles. The first-order chi connectivity index (χ1) is 12.1. The number of nitrogens with zero attached hydrogens (tertiary/aromatic N) is 3. The van der Waals surface area contributed by atoms with Gasteiger partial charge in [0.15, 0.2) is 12.4 Å². The molecule has 0 fully saturated rings. The van der Waals surface area contributed by atoms with Crippen molar-refractivity contribution in [3.8, 4) is 5.75 Å². The third-order valence-electron chi connectivity index (χ3n) is 3.01. The van der Waals surface area contributed by atoms with Crippen LogP contribution in [0.5, 0.6) is 5.75 Å². The van der Waals surface area contributed by atoms with Crippen LogP contribution in [0.2, 0.25) is 0 Å². The Kier molecular flexibility index (Phi) is 5.77. The van der Waals surface area contributed by atoms with E-state index in [1.165, 1.54) is 12.1 Å². The van der Waals surface area contributed by atoms with Crippen molar-refractivity contribution in [3.63, 3.8) is 0 Å². The molecule has 2 aromatic rings. The van der Waals surface area contributed by atoms with Crippen molar-refractivity contribution in [2.24, 2.45) is 0 Å². The first kappa shape index (κ1) is 19.2. The van der Waals surface area contributed by atoms with Crippen LogP contribution in [-0.4, -0.2) is 40.8 Å². The molecule has 12 heteroatoms. The Morgan fingerprint density at radius 3 is 2.27 bits per heavy atom. The number of nitrogens with two attached hydrogens (primary N) is 2. The van der Waals surface area contributed by atoms with Gasteiger partial charge in [-0.25, -0.2) is 0 Å². The van der Waals surface area contributed by atoms with E-state index in [2.05, 4.69) is 25.0 Å². The number of carbonyl (C=O) groups excluding carboxylic acids is 1. The van der Waals surface area contributed by atoms with E-state index < -0.39 is 6.36 Å². The van der Waals surface area contributed by atoms with E-state index >= 15 is 0 Å². The lowest BCUT2D eigenvalue weighted by atomic mass is 10.3. The molecular formula is C14H17F3N7O2+. The van der Waals surface area contributed by atoms with Gasteiger partial charge >= 0.3 is 6.36 Å². The first-order valence-corrected chi connectivity index (χ1v) is 7.33. The summed E-state index contributed by atoms with van der Waals surface area (Å²) in [5, 5.41) is 2.57. The summed E-state index contributed by atoms with van der Waals surface area (Å²) in [5.74, 6) is -0.393. The maximum atomic E-state index is 12.1. The fourth-order valence-electron chi connectivity index (χ4n) is 2.09. The minimum atomic E-state index is -4.77. The molecule has 0 saturated heterocycles.